The molecule has 1 aliphatic rings. The van der Waals surface area contributed by atoms with Crippen LogP contribution in [0.2, 0.25) is 0 Å². The van der Waals surface area contributed by atoms with E-state index in [0.29, 0.717) is 30.3 Å². The van der Waals surface area contributed by atoms with Crippen LogP contribution in [0.25, 0.3) is 0 Å². The lowest BCUT2D eigenvalue weighted by atomic mass is 10.1. The lowest BCUT2D eigenvalue weighted by Crippen LogP contribution is -2.46. The third-order valence-corrected chi connectivity index (χ3v) is 4.01. The van der Waals surface area contributed by atoms with E-state index < -0.39 is 0 Å². The molecule has 7 heteroatoms. The molecular weight excluding hydrogens is 354 g/mol. The van der Waals surface area contributed by atoms with Crippen molar-refractivity contribution in [1.29, 1.82) is 0 Å². The van der Waals surface area contributed by atoms with Crippen molar-refractivity contribution < 1.29 is 14.3 Å². The Morgan fingerprint density at radius 2 is 2.00 bits per heavy atom. The maximum absolute atomic E-state index is 12.6. The summed E-state index contributed by atoms with van der Waals surface area (Å²) in [6.07, 6.45) is 3.49. The molecule has 0 bridgehead atoms. The number of benzene rings is 1. The Hall–Kier alpha value is -2.31. The zero-order chi connectivity index (χ0) is 17.5. The molecule has 2 aromatic rings. The summed E-state index contributed by atoms with van der Waals surface area (Å²) >= 11 is 0. The van der Waals surface area contributed by atoms with Crippen LogP contribution in [0.4, 0.5) is 0 Å². The summed E-state index contributed by atoms with van der Waals surface area (Å²) in [5.74, 6) is 1.25. The average Bonchev–Trinajstić information content (AvgIpc) is 2.68. The van der Waals surface area contributed by atoms with Gasteiger partial charge >= 0.3 is 0 Å². The van der Waals surface area contributed by atoms with Crippen LogP contribution in [0, 0.1) is 0 Å². The van der Waals surface area contributed by atoms with Crippen LogP contribution in [-0.2, 0) is 6.61 Å². The fourth-order valence-electron chi connectivity index (χ4n) is 2.72. The van der Waals surface area contributed by atoms with Crippen molar-refractivity contribution in [3.63, 3.8) is 0 Å². The molecule has 0 atom stereocenters. The molecule has 0 saturated carbocycles. The quantitative estimate of drug-likeness (QED) is 0.838. The Morgan fingerprint density at radius 3 is 2.69 bits per heavy atom. The zero-order valence-corrected chi connectivity index (χ0v) is 15.6. The highest BCUT2D eigenvalue weighted by Crippen LogP contribution is 2.29. The minimum Gasteiger partial charge on any atom is -0.490 e. The van der Waals surface area contributed by atoms with E-state index in [9.17, 15) is 4.79 Å². The van der Waals surface area contributed by atoms with Gasteiger partial charge < -0.3 is 19.7 Å². The fourth-order valence-corrected chi connectivity index (χ4v) is 2.72. The van der Waals surface area contributed by atoms with E-state index in [2.05, 4.69) is 10.3 Å². The molecule has 140 valence electrons. The van der Waals surface area contributed by atoms with Gasteiger partial charge in [0.1, 0.15) is 6.61 Å². The number of rotatable bonds is 6. The first-order chi connectivity index (χ1) is 12.3. The van der Waals surface area contributed by atoms with Gasteiger partial charge in [0, 0.05) is 49.7 Å². The van der Waals surface area contributed by atoms with Gasteiger partial charge in [0.25, 0.3) is 5.91 Å². The minimum atomic E-state index is 0. The molecule has 6 nitrogen and oxygen atoms in total. The molecule has 0 radical (unpaired) electrons. The first-order valence-electron chi connectivity index (χ1n) is 8.56. The number of nitrogens with one attached hydrogen (secondary N) is 1. The van der Waals surface area contributed by atoms with Crippen LogP contribution in [-0.4, -0.2) is 48.6 Å². The van der Waals surface area contributed by atoms with Gasteiger partial charge in [-0.1, -0.05) is 6.07 Å². The molecule has 1 amide bonds. The van der Waals surface area contributed by atoms with Crippen molar-refractivity contribution >= 4 is 18.3 Å². The molecule has 3 rings (SSSR count). The Balaban J connectivity index is 0.00000243. The topological polar surface area (TPSA) is 63.7 Å². The maximum Gasteiger partial charge on any atom is 0.254 e. The molecule has 1 aliphatic heterocycles. The number of piperazine rings is 1. The molecule has 1 N–H and O–H groups in total. The second kappa shape index (κ2) is 9.99. The van der Waals surface area contributed by atoms with Crippen LogP contribution in [0.3, 0.4) is 0 Å². The summed E-state index contributed by atoms with van der Waals surface area (Å²) in [4.78, 5) is 18.6. The molecule has 2 heterocycles. The summed E-state index contributed by atoms with van der Waals surface area (Å²) in [6.45, 7) is 5.93. The van der Waals surface area contributed by atoms with Gasteiger partial charge in [-0.2, -0.15) is 0 Å². The SMILES string of the molecule is CCOc1cc(C(=O)N2CCNCC2)ccc1OCc1cccnc1.Cl. The summed E-state index contributed by atoms with van der Waals surface area (Å²) in [6, 6.07) is 9.20. The van der Waals surface area contributed by atoms with Gasteiger partial charge in [0.2, 0.25) is 0 Å². The highest BCUT2D eigenvalue weighted by Gasteiger charge is 2.19. The number of halogens is 1. The minimum absolute atomic E-state index is 0. The molecule has 0 unspecified atom stereocenters. The lowest BCUT2D eigenvalue weighted by molar-refractivity contribution is 0.0735. The molecule has 1 aromatic heterocycles. The molecule has 1 saturated heterocycles. The average molecular weight is 378 g/mol. The van der Waals surface area contributed by atoms with Crippen molar-refractivity contribution in [3.05, 3.63) is 53.9 Å². The van der Waals surface area contributed by atoms with Crippen molar-refractivity contribution in [2.24, 2.45) is 0 Å². The molecular formula is C19H24ClN3O3. The van der Waals surface area contributed by atoms with E-state index in [1.54, 1.807) is 30.6 Å². The highest BCUT2D eigenvalue weighted by atomic mass is 35.5. The molecule has 0 spiro atoms. The summed E-state index contributed by atoms with van der Waals surface area (Å²) < 4.78 is 11.5. The molecule has 1 aromatic carbocycles. The smallest absolute Gasteiger partial charge is 0.254 e. The van der Waals surface area contributed by atoms with Gasteiger partial charge in [-0.15, -0.1) is 12.4 Å². The van der Waals surface area contributed by atoms with E-state index in [1.165, 1.54) is 0 Å². The number of ether oxygens (including phenoxy) is 2. The van der Waals surface area contributed by atoms with Crippen LogP contribution in [0.5, 0.6) is 11.5 Å². The standard InChI is InChI=1S/C19H23N3O3.ClH/c1-2-24-18-12-16(19(23)22-10-8-20-9-11-22)5-6-17(18)25-14-15-4-3-7-21-13-15;/h3-7,12-13,20H,2,8-11,14H2,1H3;1H. The predicted molar refractivity (Wildman–Crippen MR) is 102 cm³/mol. The number of aromatic nitrogens is 1. The fraction of sp³-hybridized carbons (Fsp3) is 0.368. The van der Waals surface area contributed by atoms with Gasteiger partial charge in [-0.05, 0) is 31.2 Å². The number of carbonyl (C=O) groups excluding carboxylic acids is 1. The first kappa shape index (κ1) is 20.0. The Labute approximate surface area is 159 Å². The molecule has 1 fully saturated rings. The number of carbonyl (C=O) groups is 1. The van der Waals surface area contributed by atoms with Crippen molar-refractivity contribution in [1.82, 2.24) is 15.2 Å². The molecule has 26 heavy (non-hydrogen) atoms. The third kappa shape index (κ3) is 5.09. The van der Waals surface area contributed by atoms with E-state index in [1.807, 2.05) is 24.0 Å². The normalized spacial score (nSPS) is 13.7. The number of pyridine rings is 1. The monoisotopic (exact) mass is 377 g/mol. The largest absolute Gasteiger partial charge is 0.490 e. The second-order valence-corrected chi connectivity index (χ2v) is 5.79. The van der Waals surface area contributed by atoms with Gasteiger partial charge in [0.05, 0.1) is 6.61 Å². The van der Waals surface area contributed by atoms with Crippen molar-refractivity contribution in [2.75, 3.05) is 32.8 Å². The highest BCUT2D eigenvalue weighted by molar-refractivity contribution is 5.95. The summed E-state index contributed by atoms with van der Waals surface area (Å²) in [5.41, 5.74) is 1.60. The second-order valence-electron chi connectivity index (χ2n) is 5.79. The van der Waals surface area contributed by atoms with Crippen LogP contribution in [0.1, 0.15) is 22.8 Å². The Morgan fingerprint density at radius 1 is 1.19 bits per heavy atom. The zero-order valence-electron chi connectivity index (χ0n) is 14.8. The molecule has 0 aliphatic carbocycles. The van der Waals surface area contributed by atoms with Crippen LogP contribution < -0.4 is 14.8 Å². The van der Waals surface area contributed by atoms with Crippen LogP contribution in [0.15, 0.2) is 42.7 Å². The van der Waals surface area contributed by atoms with Crippen molar-refractivity contribution in [2.45, 2.75) is 13.5 Å². The van der Waals surface area contributed by atoms with E-state index in [-0.39, 0.29) is 18.3 Å². The number of nitrogens with zero attached hydrogens (tertiary/aromatic N) is 2. The number of hydrogen-bond donors (Lipinski definition) is 1. The van der Waals surface area contributed by atoms with E-state index >= 15 is 0 Å². The maximum atomic E-state index is 12.6. The Kier molecular flexibility index (Phi) is 7.69. The van der Waals surface area contributed by atoms with Crippen molar-refractivity contribution in [3.8, 4) is 11.5 Å². The third-order valence-electron chi connectivity index (χ3n) is 4.01. The van der Waals surface area contributed by atoms with Crippen LogP contribution >= 0.6 is 12.4 Å². The van der Waals surface area contributed by atoms with Gasteiger partial charge in [-0.3, -0.25) is 9.78 Å². The van der Waals surface area contributed by atoms with Gasteiger partial charge in [-0.25, -0.2) is 0 Å². The number of amides is 1. The lowest BCUT2D eigenvalue weighted by Gasteiger charge is -2.27. The summed E-state index contributed by atoms with van der Waals surface area (Å²) in [5, 5.41) is 3.25. The predicted octanol–water partition coefficient (Wildman–Crippen LogP) is 2.53. The van der Waals surface area contributed by atoms with E-state index in [0.717, 1.165) is 31.7 Å². The van der Waals surface area contributed by atoms with Gasteiger partial charge in [0.15, 0.2) is 11.5 Å². The first-order valence-corrected chi connectivity index (χ1v) is 8.56. The summed E-state index contributed by atoms with van der Waals surface area (Å²) in [7, 11) is 0. The number of hydrogen-bond acceptors (Lipinski definition) is 5. The Bertz CT molecular complexity index is 706. The van der Waals surface area contributed by atoms with E-state index in [4.69, 9.17) is 9.47 Å².